The van der Waals surface area contributed by atoms with Crippen LogP contribution in [0.15, 0.2) is 35.3 Å². The van der Waals surface area contributed by atoms with Crippen molar-refractivity contribution in [2.45, 2.75) is 32.7 Å². The number of benzene rings is 1. The van der Waals surface area contributed by atoms with Gasteiger partial charge in [-0.2, -0.15) is 0 Å². The van der Waals surface area contributed by atoms with Gasteiger partial charge in [-0.3, -0.25) is 0 Å². The maximum absolute atomic E-state index is 12.1. The number of hydrogen-bond acceptors (Lipinski definition) is 4. The van der Waals surface area contributed by atoms with Crippen LogP contribution in [0.25, 0.3) is 0 Å². The quantitative estimate of drug-likeness (QED) is 0.810. The molecular weight excluding hydrogens is 284 g/mol. The van der Waals surface area contributed by atoms with Crippen molar-refractivity contribution >= 4 is 23.0 Å². The molecule has 0 amide bonds. The molecule has 1 saturated carbocycles. The molecule has 21 heavy (non-hydrogen) atoms. The number of carbonyl (C=O) groups excluding carboxylic acids is 1. The fourth-order valence-corrected chi connectivity index (χ4v) is 3.41. The summed E-state index contributed by atoms with van der Waals surface area (Å²) in [5.41, 5.74) is 1.87. The second-order valence-electron chi connectivity index (χ2n) is 5.07. The summed E-state index contributed by atoms with van der Waals surface area (Å²) in [6.07, 6.45) is 2.31. The molecule has 0 spiro atoms. The average Bonchev–Trinajstić information content (AvgIpc) is 3.25. The van der Waals surface area contributed by atoms with E-state index in [0.29, 0.717) is 17.5 Å². The number of carbonyl (C=O) groups is 1. The molecule has 0 bridgehead atoms. The molecule has 0 N–H and O–H groups in total. The van der Waals surface area contributed by atoms with Crippen molar-refractivity contribution in [3.8, 4) is 0 Å². The Balaban J connectivity index is 2.09. The van der Waals surface area contributed by atoms with Gasteiger partial charge >= 0.3 is 5.97 Å². The van der Waals surface area contributed by atoms with Crippen molar-refractivity contribution in [1.29, 1.82) is 0 Å². The van der Waals surface area contributed by atoms with Gasteiger partial charge in [-0.25, -0.2) is 9.79 Å². The first-order valence-corrected chi connectivity index (χ1v) is 8.01. The zero-order chi connectivity index (χ0) is 14.8. The van der Waals surface area contributed by atoms with Crippen molar-refractivity contribution < 1.29 is 9.53 Å². The Morgan fingerprint density at radius 3 is 2.71 bits per heavy atom. The predicted octanol–water partition coefficient (Wildman–Crippen LogP) is 3.60. The highest BCUT2D eigenvalue weighted by atomic mass is 32.1. The third-order valence-electron chi connectivity index (χ3n) is 3.44. The lowest BCUT2D eigenvalue weighted by Crippen LogP contribution is -2.14. The highest BCUT2D eigenvalue weighted by Crippen LogP contribution is 2.36. The van der Waals surface area contributed by atoms with Crippen LogP contribution < -0.4 is 4.80 Å². The molecule has 1 fully saturated rings. The molecule has 0 unspecified atom stereocenters. The summed E-state index contributed by atoms with van der Waals surface area (Å²) in [5, 5.41) is 0. The molecule has 2 aromatic rings. The van der Waals surface area contributed by atoms with Gasteiger partial charge in [-0.05, 0) is 38.8 Å². The van der Waals surface area contributed by atoms with E-state index in [1.807, 2.05) is 44.2 Å². The summed E-state index contributed by atoms with van der Waals surface area (Å²) in [7, 11) is 0. The van der Waals surface area contributed by atoms with Crippen LogP contribution in [-0.4, -0.2) is 17.1 Å². The molecule has 5 heteroatoms. The van der Waals surface area contributed by atoms with E-state index in [1.54, 1.807) is 0 Å². The first-order chi connectivity index (χ1) is 10.2. The molecule has 1 aromatic carbocycles. The topological polar surface area (TPSA) is 43.6 Å². The molecule has 0 saturated heterocycles. The summed E-state index contributed by atoms with van der Waals surface area (Å²) in [6, 6.07) is 10.3. The number of nitrogens with zero attached hydrogens (tertiary/aromatic N) is 2. The summed E-state index contributed by atoms with van der Waals surface area (Å²) in [5.74, 6) is -0.246. The number of ether oxygens (including phenoxy) is 1. The molecule has 0 aliphatic heterocycles. The molecule has 4 nitrogen and oxygen atoms in total. The molecular formula is C16H18N2O2S. The van der Waals surface area contributed by atoms with E-state index in [4.69, 9.17) is 9.73 Å². The fourth-order valence-electron chi connectivity index (χ4n) is 2.31. The van der Waals surface area contributed by atoms with E-state index in [0.717, 1.165) is 29.0 Å². The van der Waals surface area contributed by atoms with Crippen LogP contribution in [0, 0.1) is 6.92 Å². The van der Waals surface area contributed by atoms with Crippen LogP contribution in [0.2, 0.25) is 0 Å². The molecule has 0 atom stereocenters. The third-order valence-corrected chi connectivity index (χ3v) is 4.58. The SMILES string of the molecule is CCOC(=O)c1sc(=Nc2ccccc2)n(C2CC2)c1C. The van der Waals surface area contributed by atoms with Gasteiger partial charge in [0.2, 0.25) is 0 Å². The van der Waals surface area contributed by atoms with Crippen molar-refractivity contribution in [3.63, 3.8) is 0 Å². The first kappa shape index (κ1) is 14.1. The van der Waals surface area contributed by atoms with E-state index in [9.17, 15) is 4.79 Å². The van der Waals surface area contributed by atoms with Gasteiger partial charge < -0.3 is 9.30 Å². The average molecular weight is 302 g/mol. The fraction of sp³-hybridized carbons (Fsp3) is 0.375. The molecule has 1 aliphatic carbocycles. The van der Waals surface area contributed by atoms with Crippen LogP contribution in [-0.2, 0) is 4.74 Å². The van der Waals surface area contributed by atoms with Crippen molar-refractivity contribution in [1.82, 2.24) is 4.57 Å². The number of para-hydroxylation sites is 1. The van der Waals surface area contributed by atoms with E-state index in [1.165, 1.54) is 11.3 Å². The Labute approximate surface area is 127 Å². The Bertz CT molecular complexity index is 712. The summed E-state index contributed by atoms with van der Waals surface area (Å²) < 4.78 is 7.33. The summed E-state index contributed by atoms with van der Waals surface area (Å²) in [6.45, 7) is 4.20. The van der Waals surface area contributed by atoms with Gasteiger partial charge in [-0.1, -0.05) is 29.5 Å². The van der Waals surface area contributed by atoms with Gasteiger partial charge in [0.15, 0.2) is 4.80 Å². The first-order valence-electron chi connectivity index (χ1n) is 7.19. The minimum atomic E-state index is -0.246. The van der Waals surface area contributed by atoms with Gasteiger partial charge in [0.1, 0.15) is 4.88 Å². The Hall–Kier alpha value is -1.88. The monoisotopic (exact) mass is 302 g/mol. The van der Waals surface area contributed by atoms with E-state index >= 15 is 0 Å². The van der Waals surface area contributed by atoms with Crippen LogP contribution in [0.1, 0.15) is 41.2 Å². The lowest BCUT2D eigenvalue weighted by atomic mass is 10.3. The standard InChI is InChI=1S/C16H18N2O2S/c1-3-20-15(19)14-11(2)18(13-9-10-13)16(21-14)17-12-7-5-4-6-8-12/h4-8,13H,3,9-10H2,1-2H3. The van der Waals surface area contributed by atoms with Gasteiger partial charge in [-0.15, -0.1) is 0 Å². The minimum Gasteiger partial charge on any atom is -0.462 e. The van der Waals surface area contributed by atoms with Crippen LogP contribution in [0.4, 0.5) is 5.69 Å². The molecule has 1 aliphatic rings. The summed E-state index contributed by atoms with van der Waals surface area (Å²) >= 11 is 1.42. The highest BCUT2D eigenvalue weighted by molar-refractivity contribution is 7.11. The number of rotatable bonds is 4. The molecule has 1 heterocycles. The smallest absolute Gasteiger partial charge is 0.350 e. The number of aromatic nitrogens is 1. The second-order valence-corrected chi connectivity index (χ2v) is 6.05. The van der Waals surface area contributed by atoms with E-state index < -0.39 is 0 Å². The maximum Gasteiger partial charge on any atom is 0.350 e. The van der Waals surface area contributed by atoms with Crippen LogP contribution in [0.3, 0.4) is 0 Å². The molecule has 3 rings (SSSR count). The Kier molecular flexibility index (Phi) is 3.92. The van der Waals surface area contributed by atoms with Crippen molar-refractivity contribution in [2.75, 3.05) is 6.61 Å². The molecule has 1 aromatic heterocycles. The second kappa shape index (κ2) is 5.85. The summed E-state index contributed by atoms with van der Waals surface area (Å²) in [4.78, 5) is 18.3. The highest BCUT2D eigenvalue weighted by Gasteiger charge is 2.29. The lowest BCUT2D eigenvalue weighted by molar-refractivity contribution is 0.0530. The largest absolute Gasteiger partial charge is 0.462 e. The van der Waals surface area contributed by atoms with Crippen molar-refractivity contribution in [2.24, 2.45) is 4.99 Å². The van der Waals surface area contributed by atoms with Gasteiger partial charge in [0.05, 0.1) is 12.3 Å². The number of esters is 1. The number of hydrogen-bond donors (Lipinski definition) is 0. The maximum atomic E-state index is 12.1. The third kappa shape index (κ3) is 2.93. The zero-order valence-electron chi connectivity index (χ0n) is 12.2. The minimum absolute atomic E-state index is 0.246. The van der Waals surface area contributed by atoms with Gasteiger partial charge in [0, 0.05) is 11.7 Å². The number of thiazole rings is 1. The molecule has 110 valence electrons. The van der Waals surface area contributed by atoms with E-state index in [-0.39, 0.29) is 5.97 Å². The molecule has 0 radical (unpaired) electrons. The zero-order valence-corrected chi connectivity index (χ0v) is 13.0. The van der Waals surface area contributed by atoms with Gasteiger partial charge in [0.25, 0.3) is 0 Å². The van der Waals surface area contributed by atoms with Crippen molar-refractivity contribution in [3.05, 3.63) is 45.7 Å². The Morgan fingerprint density at radius 1 is 1.38 bits per heavy atom. The normalized spacial score (nSPS) is 15.2. The van der Waals surface area contributed by atoms with Crippen LogP contribution >= 0.6 is 11.3 Å². The van der Waals surface area contributed by atoms with Crippen LogP contribution in [0.5, 0.6) is 0 Å². The Morgan fingerprint density at radius 2 is 2.10 bits per heavy atom. The van der Waals surface area contributed by atoms with E-state index in [2.05, 4.69) is 4.57 Å². The predicted molar refractivity (Wildman–Crippen MR) is 82.9 cm³/mol. The lowest BCUT2D eigenvalue weighted by Gasteiger charge is -2.04.